The molecular weight excluding hydrogens is 505 g/mol. The number of hydrogen-bond donors (Lipinski definition) is 1. The molecule has 0 radical (unpaired) electrons. The molecule has 0 aliphatic carbocycles. The number of H-pyrrole nitrogens is 1. The van der Waals surface area contributed by atoms with Gasteiger partial charge in [-0.15, -0.1) is 0 Å². The van der Waals surface area contributed by atoms with Crippen molar-refractivity contribution in [1.82, 2.24) is 9.88 Å². The summed E-state index contributed by atoms with van der Waals surface area (Å²) >= 11 is 0. The largest absolute Gasteiger partial charge is 0.416 e. The van der Waals surface area contributed by atoms with Crippen LogP contribution >= 0.6 is 0 Å². The molecular formula is C26H17F7N2O2. The van der Waals surface area contributed by atoms with Crippen molar-refractivity contribution in [1.29, 1.82) is 0 Å². The molecule has 11 heteroatoms. The van der Waals surface area contributed by atoms with E-state index in [1.54, 1.807) is 18.2 Å². The number of hydrogen-bond acceptors (Lipinski definition) is 2. The minimum Gasteiger partial charge on any atom is -0.336 e. The van der Waals surface area contributed by atoms with Gasteiger partial charge in [0, 0.05) is 24.5 Å². The molecule has 0 fully saturated rings. The molecule has 37 heavy (non-hydrogen) atoms. The van der Waals surface area contributed by atoms with Crippen molar-refractivity contribution in [2.24, 2.45) is 0 Å². The summed E-state index contributed by atoms with van der Waals surface area (Å²) in [5.41, 5.74) is -3.72. The number of fused-ring (bicyclic) bond motifs is 1. The fourth-order valence-corrected chi connectivity index (χ4v) is 4.00. The van der Waals surface area contributed by atoms with Crippen molar-refractivity contribution in [2.45, 2.75) is 18.9 Å². The minimum absolute atomic E-state index is 0.00121. The first kappa shape index (κ1) is 25.9. The SMILES string of the molecule is CN(Cc1cc(C(F)(F)F)cc(C(F)(F)F)c1)C(=O)c1[nH]c(=O)c2ccccc2c1-c1ccc(F)cc1. The van der Waals surface area contributed by atoms with E-state index in [2.05, 4.69) is 4.98 Å². The molecule has 1 aromatic heterocycles. The topological polar surface area (TPSA) is 53.2 Å². The Labute approximate surface area is 205 Å². The number of alkyl halides is 6. The fraction of sp³-hybridized carbons (Fsp3) is 0.154. The average Bonchev–Trinajstić information content (AvgIpc) is 2.83. The second kappa shape index (κ2) is 9.38. The third kappa shape index (κ3) is 5.35. The van der Waals surface area contributed by atoms with Gasteiger partial charge in [0.05, 0.1) is 11.1 Å². The molecule has 0 unspecified atom stereocenters. The van der Waals surface area contributed by atoms with Gasteiger partial charge in [-0.25, -0.2) is 4.39 Å². The van der Waals surface area contributed by atoms with E-state index in [1.165, 1.54) is 25.2 Å². The van der Waals surface area contributed by atoms with Crippen LogP contribution in [0.15, 0.2) is 71.5 Å². The van der Waals surface area contributed by atoms with E-state index in [0.29, 0.717) is 23.1 Å². The zero-order valence-corrected chi connectivity index (χ0v) is 19.0. The Kier molecular flexibility index (Phi) is 6.57. The number of nitrogens with zero attached hydrogens (tertiary/aromatic N) is 1. The van der Waals surface area contributed by atoms with E-state index >= 15 is 0 Å². The summed E-state index contributed by atoms with van der Waals surface area (Å²) in [6.07, 6.45) is -10.1. The number of carbonyl (C=O) groups is 1. The molecule has 0 saturated carbocycles. The zero-order chi connectivity index (χ0) is 27.1. The molecule has 4 nitrogen and oxygen atoms in total. The maximum atomic E-state index is 13.5. The Balaban J connectivity index is 1.81. The fourth-order valence-electron chi connectivity index (χ4n) is 4.00. The van der Waals surface area contributed by atoms with Crippen LogP contribution in [0.25, 0.3) is 21.9 Å². The molecule has 3 aromatic carbocycles. The van der Waals surface area contributed by atoms with Gasteiger partial charge in [0.15, 0.2) is 0 Å². The van der Waals surface area contributed by atoms with Crippen molar-refractivity contribution in [3.8, 4) is 11.1 Å². The van der Waals surface area contributed by atoms with Crippen molar-refractivity contribution in [2.75, 3.05) is 7.05 Å². The standard InChI is InChI=1S/C26H17F7N2O2/c1-35(13-14-10-16(25(28,29)30)12-17(11-14)26(31,32)33)24(37)22-21(15-6-8-18(27)9-7-15)19-4-2-3-5-20(19)23(36)34-22/h2-12H,13H2,1H3,(H,34,36). The number of pyridine rings is 1. The number of amides is 1. The average molecular weight is 522 g/mol. The monoisotopic (exact) mass is 522 g/mol. The lowest BCUT2D eigenvalue weighted by molar-refractivity contribution is -0.143. The highest BCUT2D eigenvalue weighted by Gasteiger charge is 2.37. The number of rotatable bonds is 4. The number of nitrogens with one attached hydrogen (secondary N) is 1. The lowest BCUT2D eigenvalue weighted by atomic mass is 9.96. The third-order valence-corrected chi connectivity index (χ3v) is 5.69. The summed E-state index contributed by atoms with van der Waals surface area (Å²) in [7, 11) is 1.18. The Morgan fingerprint density at radius 3 is 1.92 bits per heavy atom. The van der Waals surface area contributed by atoms with Crippen molar-refractivity contribution in [3.05, 3.63) is 105 Å². The van der Waals surface area contributed by atoms with Gasteiger partial charge in [-0.3, -0.25) is 9.59 Å². The van der Waals surface area contributed by atoms with E-state index in [0.717, 1.165) is 17.0 Å². The van der Waals surface area contributed by atoms with Gasteiger partial charge in [0.25, 0.3) is 11.5 Å². The van der Waals surface area contributed by atoms with Crippen LogP contribution < -0.4 is 5.56 Å². The number of carbonyl (C=O) groups excluding carboxylic acids is 1. The van der Waals surface area contributed by atoms with Crippen LogP contribution in [0.2, 0.25) is 0 Å². The minimum atomic E-state index is -5.04. The lowest BCUT2D eigenvalue weighted by Gasteiger charge is -2.21. The van der Waals surface area contributed by atoms with Crippen molar-refractivity contribution in [3.63, 3.8) is 0 Å². The molecule has 1 amide bonds. The number of halogens is 7. The predicted octanol–water partition coefficient (Wildman–Crippen LogP) is 6.64. The first-order valence-corrected chi connectivity index (χ1v) is 10.7. The Bertz CT molecular complexity index is 1510. The highest BCUT2D eigenvalue weighted by molar-refractivity contribution is 6.08. The molecule has 1 heterocycles. The second-order valence-corrected chi connectivity index (χ2v) is 8.33. The van der Waals surface area contributed by atoms with Crippen LogP contribution in [0.3, 0.4) is 0 Å². The van der Waals surface area contributed by atoms with Crippen molar-refractivity contribution >= 4 is 16.7 Å². The van der Waals surface area contributed by atoms with Gasteiger partial charge in [0.1, 0.15) is 11.5 Å². The van der Waals surface area contributed by atoms with Crippen LogP contribution in [0, 0.1) is 5.82 Å². The predicted molar refractivity (Wildman–Crippen MR) is 122 cm³/mol. The summed E-state index contributed by atoms with van der Waals surface area (Å²) in [6, 6.07) is 12.4. The number of benzene rings is 3. The molecule has 4 aromatic rings. The first-order chi connectivity index (χ1) is 17.3. The maximum absolute atomic E-state index is 13.5. The number of aromatic amines is 1. The molecule has 1 N–H and O–H groups in total. The van der Waals surface area contributed by atoms with E-state index in [-0.39, 0.29) is 22.7 Å². The second-order valence-electron chi connectivity index (χ2n) is 8.33. The smallest absolute Gasteiger partial charge is 0.336 e. The summed E-state index contributed by atoms with van der Waals surface area (Å²) in [5.74, 6) is -1.42. The molecule has 0 aliphatic rings. The van der Waals surface area contributed by atoms with Crippen LogP contribution in [-0.2, 0) is 18.9 Å². The van der Waals surface area contributed by atoms with Crippen LogP contribution in [0.5, 0.6) is 0 Å². The molecule has 192 valence electrons. The van der Waals surface area contributed by atoms with Crippen LogP contribution in [0.4, 0.5) is 30.7 Å². The summed E-state index contributed by atoms with van der Waals surface area (Å²) in [6.45, 7) is -0.621. The molecule has 0 atom stereocenters. The first-order valence-electron chi connectivity index (χ1n) is 10.7. The summed E-state index contributed by atoms with van der Waals surface area (Å²) in [4.78, 5) is 29.5. The number of aromatic nitrogens is 1. The van der Waals surface area contributed by atoms with E-state index in [1.807, 2.05) is 0 Å². The van der Waals surface area contributed by atoms with Gasteiger partial charge in [-0.1, -0.05) is 30.3 Å². The van der Waals surface area contributed by atoms with Gasteiger partial charge in [0.2, 0.25) is 0 Å². The van der Waals surface area contributed by atoms with E-state index in [9.17, 15) is 40.3 Å². The lowest BCUT2D eigenvalue weighted by Crippen LogP contribution is -2.30. The van der Waals surface area contributed by atoms with Gasteiger partial charge >= 0.3 is 12.4 Å². The normalized spacial score (nSPS) is 12.1. The highest BCUT2D eigenvalue weighted by atomic mass is 19.4. The molecule has 0 spiro atoms. The summed E-state index contributed by atoms with van der Waals surface area (Å²) < 4.78 is 93.0. The molecule has 4 rings (SSSR count). The zero-order valence-electron chi connectivity index (χ0n) is 19.0. The van der Waals surface area contributed by atoms with Gasteiger partial charge in [-0.2, -0.15) is 26.3 Å². The van der Waals surface area contributed by atoms with E-state index < -0.39 is 52.9 Å². The Morgan fingerprint density at radius 1 is 0.838 bits per heavy atom. The maximum Gasteiger partial charge on any atom is 0.416 e. The molecule has 0 bridgehead atoms. The highest BCUT2D eigenvalue weighted by Crippen LogP contribution is 2.37. The van der Waals surface area contributed by atoms with Crippen LogP contribution in [-0.4, -0.2) is 22.8 Å². The quantitative estimate of drug-likeness (QED) is 0.306. The Hall–Kier alpha value is -4.15. The Morgan fingerprint density at radius 2 is 1.38 bits per heavy atom. The van der Waals surface area contributed by atoms with Gasteiger partial charge in [-0.05, 0) is 52.9 Å². The third-order valence-electron chi connectivity index (χ3n) is 5.69. The van der Waals surface area contributed by atoms with E-state index in [4.69, 9.17) is 0 Å². The van der Waals surface area contributed by atoms with Crippen LogP contribution in [0.1, 0.15) is 27.2 Å². The van der Waals surface area contributed by atoms with Crippen molar-refractivity contribution < 1.29 is 35.5 Å². The van der Waals surface area contributed by atoms with Gasteiger partial charge < -0.3 is 9.88 Å². The summed E-state index contributed by atoms with van der Waals surface area (Å²) in [5, 5.41) is 0.585. The molecule has 0 saturated heterocycles. The molecule has 0 aliphatic heterocycles.